The number of aromatic hydroxyl groups is 1. The lowest BCUT2D eigenvalue weighted by Crippen LogP contribution is -2.54. The number of aromatic nitrogens is 4. The number of nitrogens with one attached hydrogen (secondary N) is 1. The minimum absolute atomic E-state index is 0.0287. The van der Waals surface area contributed by atoms with Gasteiger partial charge in [-0.1, -0.05) is 11.6 Å². The topological polar surface area (TPSA) is 170 Å². The second kappa shape index (κ2) is 14.9. The van der Waals surface area contributed by atoms with Gasteiger partial charge in [-0.3, -0.25) is 19.3 Å². The van der Waals surface area contributed by atoms with Gasteiger partial charge in [-0.2, -0.15) is 8.78 Å². The quantitative estimate of drug-likeness (QED) is 0.229. The standard InChI is InChI=1S/C30H30ClF3N8O5.C3H6O/c1-14-9-40(10-15-3-6-47-15)4-5-42(14)20-8-19(23(31)27(34)38-20)37-21(43)12-41-11-18(22-29(41)36-13-39(2)30(22)46)16-7-17(28(35)45)26(44)25(33)24(16)32;1-2-4-3-1/h7-8,11,13-15,44H,3-6,9-10,12H2,1-2H3,(H2,35,45)(H,37,38,43);1-3H2/t14-,15?;/m0./s1. The maximum atomic E-state index is 15.1. The third kappa shape index (κ3) is 7.37. The van der Waals surface area contributed by atoms with Gasteiger partial charge in [0.05, 0.1) is 29.1 Å². The van der Waals surface area contributed by atoms with E-state index in [2.05, 4.69) is 20.2 Å². The van der Waals surface area contributed by atoms with Crippen molar-refractivity contribution in [3.63, 3.8) is 0 Å². The van der Waals surface area contributed by atoms with E-state index < -0.39 is 63.4 Å². The summed E-state index contributed by atoms with van der Waals surface area (Å²) in [6.07, 6.45) is 4.88. The van der Waals surface area contributed by atoms with Crippen LogP contribution in [-0.4, -0.2) is 99.1 Å². The van der Waals surface area contributed by atoms with Crippen LogP contribution >= 0.6 is 11.6 Å². The largest absolute Gasteiger partial charge is 0.504 e. The molecule has 3 aromatic heterocycles. The number of piperazine rings is 1. The lowest BCUT2D eigenvalue weighted by molar-refractivity contribution is -0.116. The molecule has 0 bridgehead atoms. The van der Waals surface area contributed by atoms with Crippen molar-refractivity contribution in [1.29, 1.82) is 0 Å². The zero-order chi connectivity index (χ0) is 36.6. The highest BCUT2D eigenvalue weighted by molar-refractivity contribution is 6.33. The molecule has 18 heteroatoms. The number of anilines is 2. The van der Waals surface area contributed by atoms with E-state index in [1.165, 1.54) is 36.6 Å². The van der Waals surface area contributed by atoms with E-state index in [-0.39, 0.29) is 40.2 Å². The number of primary amides is 1. The molecule has 3 aliphatic rings. The molecule has 6 heterocycles. The van der Waals surface area contributed by atoms with Gasteiger partial charge in [-0.25, -0.2) is 14.4 Å². The van der Waals surface area contributed by atoms with Crippen molar-refractivity contribution in [2.45, 2.75) is 38.5 Å². The number of halogens is 4. The highest BCUT2D eigenvalue weighted by Gasteiger charge is 2.30. The van der Waals surface area contributed by atoms with E-state index >= 15 is 4.39 Å². The van der Waals surface area contributed by atoms with E-state index in [1.54, 1.807) is 0 Å². The molecule has 14 nitrogen and oxygen atoms in total. The molecule has 4 N–H and O–H groups in total. The Morgan fingerprint density at radius 1 is 1.14 bits per heavy atom. The van der Waals surface area contributed by atoms with Gasteiger partial charge in [0, 0.05) is 82.5 Å². The number of hydrogen-bond acceptors (Lipinski definition) is 10. The van der Waals surface area contributed by atoms with E-state index in [9.17, 15) is 28.3 Å². The smallest absolute Gasteiger partial charge is 0.263 e. The van der Waals surface area contributed by atoms with Crippen LogP contribution in [0.2, 0.25) is 5.02 Å². The summed E-state index contributed by atoms with van der Waals surface area (Å²) in [4.78, 5) is 50.7. The maximum absolute atomic E-state index is 15.1. The van der Waals surface area contributed by atoms with Crippen LogP contribution in [0, 0.1) is 17.6 Å². The third-order valence-electron chi connectivity index (χ3n) is 9.00. The van der Waals surface area contributed by atoms with Crippen molar-refractivity contribution in [3.8, 4) is 16.9 Å². The van der Waals surface area contributed by atoms with Gasteiger partial charge in [0.2, 0.25) is 17.7 Å². The number of phenols is 1. The Hall–Kier alpha value is -4.71. The maximum Gasteiger partial charge on any atom is 0.263 e. The number of rotatable bonds is 8. The van der Waals surface area contributed by atoms with Crippen LogP contribution in [0.25, 0.3) is 22.2 Å². The molecular formula is C33H36ClF3N8O6. The lowest BCUT2D eigenvalue weighted by atomic mass is 10.0. The summed E-state index contributed by atoms with van der Waals surface area (Å²) in [5.74, 6) is -7.24. The van der Waals surface area contributed by atoms with Crippen LogP contribution < -0.4 is 21.5 Å². The fraction of sp³-hybridized carbons (Fsp3) is 0.424. The van der Waals surface area contributed by atoms with Crippen molar-refractivity contribution in [2.75, 3.05) is 56.2 Å². The van der Waals surface area contributed by atoms with Gasteiger partial charge in [-0.05, 0) is 25.8 Å². The van der Waals surface area contributed by atoms with Crippen molar-refractivity contribution in [1.82, 2.24) is 24.0 Å². The molecule has 3 aliphatic heterocycles. The van der Waals surface area contributed by atoms with Gasteiger partial charge in [0.15, 0.2) is 11.6 Å². The average Bonchev–Trinajstić information content (AvgIpc) is 3.39. The van der Waals surface area contributed by atoms with Crippen LogP contribution in [0.3, 0.4) is 0 Å². The molecule has 0 radical (unpaired) electrons. The lowest BCUT2D eigenvalue weighted by Gasteiger charge is -2.42. The minimum Gasteiger partial charge on any atom is -0.504 e. The van der Waals surface area contributed by atoms with E-state index in [0.29, 0.717) is 19.6 Å². The highest BCUT2D eigenvalue weighted by Crippen LogP contribution is 2.36. The Bertz CT molecular complexity index is 2050. The normalized spacial score (nSPS) is 18.8. The second-order valence-electron chi connectivity index (χ2n) is 12.6. The zero-order valence-electron chi connectivity index (χ0n) is 27.8. The van der Waals surface area contributed by atoms with Gasteiger partial charge >= 0.3 is 0 Å². The van der Waals surface area contributed by atoms with Crippen molar-refractivity contribution < 1.29 is 37.3 Å². The first-order valence-corrected chi connectivity index (χ1v) is 16.6. The Morgan fingerprint density at radius 2 is 1.84 bits per heavy atom. The molecule has 0 saturated carbocycles. The molecule has 0 aliphatic carbocycles. The first-order chi connectivity index (χ1) is 24.3. The fourth-order valence-corrected chi connectivity index (χ4v) is 6.20. The summed E-state index contributed by atoms with van der Waals surface area (Å²) in [6.45, 7) is 7.03. The first kappa shape index (κ1) is 36.1. The number of ether oxygens (including phenoxy) is 2. The summed E-state index contributed by atoms with van der Waals surface area (Å²) >= 11 is 6.20. The fourth-order valence-electron chi connectivity index (χ4n) is 6.06. The van der Waals surface area contributed by atoms with Crippen molar-refractivity contribution >= 4 is 46.0 Å². The first-order valence-electron chi connectivity index (χ1n) is 16.2. The molecule has 51 heavy (non-hydrogen) atoms. The number of benzene rings is 1. The van der Waals surface area contributed by atoms with Gasteiger partial charge in [0.1, 0.15) is 23.0 Å². The Labute approximate surface area is 294 Å². The summed E-state index contributed by atoms with van der Waals surface area (Å²) in [5, 5.41) is 11.9. The van der Waals surface area contributed by atoms with E-state index in [4.69, 9.17) is 26.8 Å². The molecule has 7 rings (SSSR count). The molecule has 2 atom stereocenters. The van der Waals surface area contributed by atoms with Crippen LogP contribution in [0.15, 0.2) is 29.5 Å². The number of hydrogen-bond donors (Lipinski definition) is 3. The highest BCUT2D eigenvalue weighted by atomic mass is 35.5. The second-order valence-corrected chi connectivity index (χ2v) is 13.0. The predicted molar refractivity (Wildman–Crippen MR) is 181 cm³/mol. The molecule has 3 saturated heterocycles. The van der Waals surface area contributed by atoms with Crippen LogP contribution in [0.1, 0.15) is 30.1 Å². The third-order valence-corrected chi connectivity index (χ3v) is 9.36. The molecule has 2 amide bonds. The summed E-state index contributed by atoms with van der Waals surface area (Å²) < 4.78 is 57.3. The number of fused-ring (bicyclic) bond motifs is 1. The molecule has 3 fully saturated rings. The molecule has 4 aromatic rings. The Morgan fingerprint density at radius 3 is 2.45 bits per heavy atom. The number of nitrogens with two attached hydrogens (primary N) is 1. The average molecular weight is 733 g/mol. The van der Waals surface area contributed by atoms with Crippen molar-refractivity contribution in [2.24, 2.45) is 12.8 Å². The summed E-state index contributed by atoms with van der Waals surface area (Å²) in [5.41, 5.74) is 2.95. The Balaban J connectivity index is 0.00000105. The van der Waals surface area contributed by atoms with Crippen LogP contribution in [0.5, 0.6) is 5.75 Å². The number of carbonyl (C=O) groups is 2. The Kier molecular flexibility index (Phi) is 10.5. The number of aryl methyl sites for hydroxylation is 1. The minimum atomic E-state index is -1.75. The number of carbonyl (C=O) groups excluding carboxylic acids is 2. The number of amides is 2. The van der Waals surface area contributed by atoms with Crippen LogP contribution in [-0.2, 0) is 27.9 Å². The zero-order valence-corrected chi connectivity index (χ0v) is 28.6. The van der Waals surface area contributed by atoms with Gasteiger partial charge < -0.3 is 39.7 Å². The van der Waals surface area contributed by atoms with E-state index in [0.717, 1.165) is 43.4 Å². The van der Waals surface area contributed by atoms with Crippen LogP contribution in [0.4, 0.5) is 24.7 Å². The van der Waals surface area contributed by atoms with Crippen molar-refractivity contribution in [3.05, 3.63) is 63.2 Å². The molecule has 1 aromatic carbocycles. The summed E-state index contributed by atoms with van der Waals surface area (Å²) in [7, 11) is 1.38. The van der Waals surface area contributed by atoms with Gasteiger partial charge in [0.25, 0.3) is 11.5 Å². The van der Waals surface area contributed by atoms with Gasteiger partial charge in [-0.15, -0.1) is 0 Å². The molecule has 1 unspecified atom stereocenters. The molecule has 0 spiro atoms. The monoisotopic (exact) mass is 732 g/mol. The number of pyridine rings is 1. The molecule has 272 valence electrons. The number of nitrogens with zero attached hydrogens (tertiary/aromatic N) is 6. The SMILES string of the molecule is C1COC1.C[C@H]1CN(CC2CCO2)CCN1c1cc(NC(=O)Cn2cc(-c3cc(C(N)=O)c(O)c(F)c3F)c3c(=O)n(C)cnc32)c(Cl)c(F)n1. The molecular weight excluding hydrogens is 697 g/mol. The van der Waals surface area contributed by atoms with E-state index in [1.807, 2.05) is 11.8 Å². The summed E-state index contributed by atoms with van der Waals surface area (Å²) in [6, 6.07) is 2.25. The predicted octanol–water partition coefficient (Wildman–Crippen LogP) is 3.02.